The molecular weight excluding hydrogens is 357 g/mol. The van der Waals surface area contributed by atoms with Crippen molar-refractivity contribution in [1.82, 2.24) is 15.6 Å². The van der Waals surface area contributed by atoms with E-state index in [1.807, 2.05) is 12.1 Å². The summed E-state index contributed by atoms with van der Waals surface area (Å²) in [5.74, 6) is -0.762. The molecule has 6 heteroatoms. The lowest BCUT2D eigenvalue weighted by Crippen LogP contribution is -2.26. The second-order valence-corrected chi connectivity index (χ2v) is 6.21. The maximum Gasteiger partial charge on any atom is 0.251 e. The lowest BCUT2D eigenvalue weighted by Gasteiger charge is -2.08. The molecule has 142 valence electrons. The normalized spacial score (nSPS) is 10.3. The van der Waals surface area contributed by atoms with E-state index in [4.69, 9.17) is 0 Å². The van der Waals surface area contributed by atoms with Gasteiger partial charge in [0.2, 0.25) is 0 Å². The Labute approximate surface area is 162 Å². The van der Waals surface area contributed by atoms with Gasteiger partial charge in [0.1, 0.15) is 5.82 Å². The van der Waals surface area contributed by atoms with Gasteiger partial charge in [-0.25, -0.2) is 4.39 Å². The van der Waals surface area contributed by atoms with Crippen LogP contribution in [0.5, 0.6) is 0 Å². The quantitative estimate of drug-likeness (QED) is 0.665. The van der Waals surface area contributed by atoms with Gasteiger partial charge in [-0.3, -0.25) is 14.6 Å². The number of carbonyl (C=O) groups is 2. The second kappa shape index (κ2) is 9.41. The summed E-state index contributed by atoms with van der Waals surface area (Å²) in [6, 6.07) is 16.5. The number of benzene rings is 2. The van der Waals surface area contributed by atoms with Crippen LogP contribution >= 0.6 is 0 Å². The lowest BCUT2D eigenvalue weighted by atomic mass is 10.1. The zero-order valence-corrected chi connectivity index (χ0v) is 15.2. The minimum atomic E-state index is -0.279. The summed E-state index contributed by atoms with van der Waals surface area (Å²) in [5.41, 5.74) is 2.43. The molecule has 0 unspecified atom stereocenters. The Balaban J connectivity index is 1.49. The van der Waals surface area contributed by atoms with E-state index in [1.165, 1.54) is 6.07 Å². The van der Waals surface area contributed by atoms with E-state index >= 15 is 0 Å². The van der Waals surface area contributed by atoms with Crippen LogP contribution in [0.2, 0.25) is 0 Å². The highest BCUT2D eigenvalue weighted by Gasteiger charge is 2.09. The highest BCUT2D eigenvalue weighted by Crippen LogP contribution is 2.08. The SMILES string of the molecule is O=C(NCCc1ccccc1F)c1ccc(C(=O)NCc2ccncc2)cc1. The third-order valence-electron chi connectivity index (χ3n) is 4.25. The molecule has 2 amide bonds. The highest BCUT2D eigenvalue weighted by atomic mass is 19.1. The summed E-state index contributed by atoms with van der Waals surface area (Å²) in [5, 5.41) is 5.58. The summed E-state index contributed by atoms with van der Waals surface area (Å²) in [4.78, 5) is 28.3. The van der Waals surface area contributed by atoms with Crippen LogP contribution < -0.4 is 10.6 Å². The molecule has 0 bridgehead atoms. The maximum absolute atomic E-state index is 13.6. The van der Waals surface area contributed by atoms with Crippen molar-refractivity contribution in [2.24, 2.45) is 0 Å². The van der Waals surface area contributed by atoms with Gasteiger partial charge in [-0.1, -0.05) is 18.2 Å². The van der Waals surface area contributed by atoms with Gasteiger partial charge in [0.25, 0.3) is 11.8 Å². The summed E-state index contributed by atoms with van der Waals surface area (Å²) in [6.45, 7) is 0.730. The van der Waals surface area contributed by atoms with Crippen molar-refractivity contribution in [3.63, 3.8) is 0 Å². The van der Waals surface area contributed by atoms with Gasteiger partial charge in [-0.05, 0) is 60.0 Å². The molecule has 0 saturated carbocycles. The van der Waals surface area contributed by atoms with Crippen molar-refractivity contribution in [3.8, 4) is 0 Å². The summed E-state index contributed by atoms with van der Waals surface area (Å²) < 4.78 is 13.6. The molecule has 0 aliphatic rings. The number of amides is 2. The van der Waals surface area contributed by atoms with Crippen LogP contribution in [0, 0.1) is 5.82 Å². The molecule has 3 rings (SSSR count). The fourth-order valence-corrected chi connectivity index (χ4v) is 2.67. The predicted octanol–water partition coefficient (Wildman–Crippen LogP) is 3.12. The first-order valence-corrected chi connectivity index (χ1v) is 8.92. The van der Waals surface area contributed by atoms with E-state index in [-0.39, 0.29) is 17.6 Å². The third-order valence-corrected chi connectivity index (χ3v) is 4.25. The molecule has 0 radical (unpaired) electrons. The fourth-order valence-electron chi connectivity index (χ4n) is 2.67. The summed E-state index contributed by atoms with van der Waals surface area (Å²) in [6.07, 6.45) is 3.75. The topological polar surface area (TPSA) is 71.1 Å². The van der Waals surface area contributed by atoms with E-state index in [0.717, 1.165) is 5.56 Å². The van der Waals surface area contributed by atoms with E-state index in [1.54, 1.807) is 54.9 Å². The van der Waals surface area contributed by atoms with Crippen LogP contribution in [-0.2, 0) is 13.0 Å². The molecule has 2 aromatic carbocycles. The van der Waals surface area contributed by atoms with Gasteiger partial charge in [0, 0.05) is 36.6 Å². The number of aromatic nitrogens is 1. The molecule has 0 aliphatic heterocycles. The number of pyridine rings is 1. The first-order valence-electron chi connectivity index (χ1n) is 8.92. The smallest absolute Gasteiger partial charge is 0.251 e. The van der Waals surface area contributed by atoms with Crippen molar-refractivity contribution in [1.29, 1.82) is 0 Å². The molecule has 1 heterocycles. The van der Waals surface area contributed by atoms with Crippen molar-refractivity contribution >= 4 is 11.8 Å². The van der Waals surface area contributed by atoms with Crippen LogP contribution in [0.4, 0.5) is 4.39 Å². The number of nitrogens with one attached hydrogen (secondary N) is 2. The summed E-state index contributed by atoms with van der Waals surface area (Å²) in [7, 11) is 0. The zero-order valence-electron chi connectivity index (χ0n) is 15.2. The van der Waals surface area contributed by atoms with Crippen molar-refractivity contribution in [3.05, 3.63) is 101 Å². The number of nitrogens with zero attached hydrogens (tertiary/aromatic N) is 1. The molecule has 0 aliphatic carbocycles. The fraction of sp³-hybridized carbons (Fsp3) is 0.136. The molecule has 0 spiro atoms. The molecule has 3 aromatic rings. The van der Waals surface area contributed by atoms with Gasteiger partial charge >= 0.3 is 0 Å². The average Bonchev–Trinajstić information content (AvgIpc) is 2.74. The molecule has 2 N–H and O–H groups in total. The van der Waals surface area contributed by atoms with Crippen molar-refractivity contribution in [2.45, 2.75) is 13.0 Å². The Morgan fingerprint density at radius 3 is 2.07 bits per heavy atom. The monoisotopic (exact) mass is 377 g/mol. The first kappa shape index (κ1) is 19.2. The third kappa shape index (κ3) is 5.23. The number of hydrogen-bond donors (Lipinski definition) is 2. The van der Waals surface area contributed by atoms with E-state index in [0.29, 0.717) is 36.2 Å². The van der Waals surface area contributed by atoms with Crippen molar-refractivity contribution in [2.75, 3.05) is 6.54 Å². The minimum Gasteiger partial charge on any atom is -0.352 e. The van der Waals surface area contributed by atoms with Gasteiger partial charge in [0.15, 0.2) is 0 Å². The van der Waals surface area contributed by atoms with Crippen LogP contribution in [-0.4, -0.2) is 23.3 Å². The zero-order chi connectivity index (χ0) is 19.8. The standard InChI is InChI=1S/C22H20FN3O2/c23-20-4-2-1-3-17(20)11-14-25-21(27)18-5-7-19(8-6-18)22(28)26-15-16-9-12-24-13-10-16/h1-10,12-13H,11,14-15H2,(H,25,27)(H,26,28). The van der Waals surface area contributed by atoms with E-state index < -0.39 is 0 Å². The molecular formula is C22H20FN3O2. The molecule has 1 aromatic heterocycles. The van der Waals surface area contributed by atoms with E-state index in [9.17, 15) is 14.0 Å². The highest BCUT2D eigenvalue weighted by molar-refractivity contribution is 5.97. The Bertz CT molecular complexity index is 944. The van der Waals surface area contributed by atoms with Gasteiger partial charge in [0.05, 0.1) is 0 Å². The number of carbonyl (C=O) groups excluding carboxylic acids is 2. The maximum atomic E-state index is 13.6. The first-order chi connectivity index (χ1) is 13.6. The Kier molecular flexibility index (Phi) is 6.46. The largest absolute Gasteiger partial charge is 0.352 e. The molecule has 0 fully saturated rings. The summed E-state index contributed by atoms with van der Waals surface area (Å²) >= 11 is 0. The second-order valence-electron chi connectivity index (χ2n) is 6.21. The van der Waals surface area contributed by atoms with Gasteiger partial charge < -0.3 is 10.6 Å². The predicted molar refractivity (Wildman–Crippen MR) is 104 cm³/mol. The van der Waals surface area contributed by atoms with Crippen LogP contribution in [0.1, 0.15) is 31.8 Å². The number of hydrogen-bond acceptors (Lipinski definition) is 3. The van der Waals surface area contributed by atoms with Crippen molar-refractivity contribution < 1.29 is 14.0 Å². The lowest BCUT2D eigenvalue weighted by molar-refractivity contribution is 0.0940. The van der Waals surface area contributed by atoms with E-state index in [2.05, 4.69) is 15.6 Å². The Hall–Kier alpha value is -3.54. The van der Waals surface area contributed by atoms with Crippen LogP contribution in [0.15, 0.2) is 73.1 Å². The molecule has 28 heavy (non-hydrogen) atoms. The minimum absolute atomic E-state index is 0.219. The van der Waals surface area contributed by atoms with Crippen LogP contribution in [0.3, 0.4) is 0 Å². The van der Waals surface area contributed by atoms with Crippen LogP contribution in [0.25, 0.3) is 0 Å². The molecule has 5 nitrogen and oxygen atoms in total. The Morgan fingerprint density at radius 1 is 0.821 bits per heavy atom. The molecule has 0 saturated heterocycles. The van der Waals surface area contributed by atoms with Gasteiger partial charge in [-0.15, -0.1) is 0 Å². The van der Waals surface area contributed by atoms with Gasteiger partial charge in [-0.2, -0.15) is 0 Å². The number of rotatable bonds is 7. The molecule has 0 atom stereocenters. The number of halogens is 1. The average molecular weight is 377 g/mol. The Morgan fingerprint density at radius 2 is 1.43 bits per heavy atom.